The first-order valence-corrected chi connectivity index (χ1v) is 13.3. The van der Waals surface area contributed by atoms with Crippen LogP contribution in [0.2, 0.25) is 5.28 Å². The van der Waals surface area contributed by atoms with Gasteiger partial charge in [0.1, 0.15) is 24.1 Å². The summed E-state index contributed by atoms with van der Waals surface area (Å²) in [5.41, 5.74) is 0.518. The van der Waals surface area contributed by atoms with Crippen LogP contribution in [0.4, 0.5) is 5.82 Å². The molecule has 2 aromatic heterocycles. The van der Waals surface area contributed by atoms with Gasteiger partial charge in [0.25, 0.3) is 0 Å². The molecule has 0 spiro atoms. The van der Waals surface area contributed by atoms with Gasteiger partial charge < -0.3 is 19.5 Å². The van der Waals surface area contributed by atoms with Crippen molar-refractivity contribution in [3.05, 3.63) is 11.5 Å². The van der Waals surface area contributed by atoms with Crippen molar-refractivity contribution in [2.24, 2.45) is 0 Å². The number of nitrogens with zero attached hydrogens (tertiary/aromatic N) is 5. The van der Waals surface area contributed by atoms with Crippen molar-refractivity contribution in [3.8, 4) is 0 Å². The molecule has 0 bridgehead atoms. The highest BCUT2D eigenvalue weighted by Crippen LogP contribution is 2.44. The highest BCUT2D eigenvalue weighted by atomic mass is 35.5. The van der Waals surface area contributed by atoms with Gasteiger partial charge in [0, 0.05) is 19.6 Å². The monoisotopic (exact) mass is 500 g/mol. The Balaban J connectivity index is 1.48. The lowest BCUT2D eigenvalue weighted by Crippen LogP contribution is -2.40. The van der Waals surface area contributed by atoms with Crippen molar-refractivity contribution < 1.29 is 22.6 Å². The zero-order valence-corrected chi connectivity index (χ0v) is 20.6. The first kappa shape index (κ1) is 23.2. The molecule has 4 heterocycles. The molecular weight excluding hydrogens is 472 g/mol. The summed E-state index contributed by atoms with van der Waals surface area (Å²) in [4.78, 5) is 8.82. The molecule has 2 aromatic rings. The third-order valence-corrected chi connectivity index (χ3v) is 7.94. The Hall–Kier alpha value is -1.57. The van der Waals surface area contributed by atoms with E-state index in [9.17, 15) is 8.42 Å². The summed E-state index contributed by atoms with van der Waals surface area (Å²) < 4.78 is 45.4. The fourth-order valence-electron chi connectivity index (χ4n) is 4.85. The van der Waals surface area contributed by atoms with E-state index in [1.807, 2.05) is 13.8 Å². The van der Waals surface area contributed by atoms with E-state index >= 15 is 0 Å². The summed E-state index contributed by atoms with van der Waals surface area (Å²) in [6, 6.07) is 0.345. The van der Waals surface area contributed by atoms with E-state index in [0.29, 0.717) is 17.5 Å². The number of aromatic nitrogens is 4. The van der Waals surface area contributed by atoms with Gasteiger partial charge in [-0.25, -0.2) is 17.4 Å². The number of rotatable bonds is 6. The number of fused-ring (bicyclic) bond motifs is 2. The molecule has 13 heteroatoms. The largest absolute Gasteiger partial charge is 0.367 e. The van der Waals surface area contributed by atoms with Crippen molar-refractivity contribution in [3.63, 3.8) is 0 Å². The third-order valence-electron chi connectivity index (χ3n) is 6.49. The number of hydrogen-bond donors (Lipinski definition) is 1. The lowest BCUT2D eigenvalue weighted by atomic mass is 10.1. The van der Waals surface area contributed by atoms with E-state index < -0.39 is 40.4 Å². The third kappa shape index (κ3) is 4.44. The SMILES string of the molecule is CN(C[C@H]1O[C@@H](n2ncc3c(NC4CCCC4)nc(Cl)nc32)[C@@H]2OC(C)(C)O[C@@H]21)S(C)(=O)=O. The quantitative estimate of drug-likeness (QED) is 0.594. The lowest BCUT2D eigenvalue weighted by molar-refractivity contribution is -0.198. The number of likely N-dealkylation sites (N-methyl/N-ethyl adjacent to an activating group) is 1. The zero-order valence-electron chi connectivity index (χ0n) is 19.1. The van der Waals surface area contributed by atoms with Crippen LogP contribution in [0.1, 0.15) is 45.8 Å². The van der Waals surface area contributed by atoms with Crippen LogP contribution in [-0.2, 0) is 24.2 Å². The maximum absolute atomic E-state index is 12.0. The van der Waals surface area contributed by atoms with Crippen molar-refractivity contribution in [1.29, 1.82) is 0 Å². The molecule has 1 N–H and O–H groups in total. The van der Waals surface area contributed by atoms with E-state index in [0.717, 1.165) is 24.5 Å². The fraction of sp³-hybridized carbons (Fsp3) is 0.750. The van der Waals surface area contributed by atoms with E-state index in [-0.39, 0.29) is 11.8 Å². The van der Waals surface area contributed by atoms with Crippen LogP contribution in [0, 0.1) is 0 Å². The molecule has 3 fully saturated rings. The van der Waals surface area contributed by atoms with Gasteiger partial charge in [-0.15, -0.1) is 0 Å². The Morgan fingerprint density at radius 2 is 1.94 bits per heavy atom. The van der Waals surface area contributed by atoms with Gasteiger partial charge in [0.15, 0.2) is 17.7 Å². The van der Waals surface area contributed by atoms with Crippen LogP contribution in [0.25, 0.3) is 11.0 Å². The molecule has 0 unspecified atom stereocenters. The number of ether oxygens (including phenoxy) is 3. The van der Waals surface area contributed by atoms with Gasteiger partial charge in [-0.1, -0.05) is 12.8 Å². The van der Waals surface area contributed by atoms with Crippen molar-refractivity contribution in [2.75, 3.05) is 25.2 Å². The first-order chi connectivity index (χ1) is 15.5. The second kappa shape index (κ2) is 8.28. The minimum absolute atomic E-state index is 0.108. The molecule has 3 aliphatic rings. The topological polar surface area (TPSA) is 121 Å². The molecule has 0 radical (unpaired) electrons. The minimum atomic E-state index is -3.39. The van der Waals surface area contributed by atoms with Gasteiger partial charge in [0.05, 0.1) is 17.8 Å². The van der Waals surface area contributed by atoms with Crippen molar-refractivity contribution >= 4 is 38.5 Å². The first-order valence-electron chi connectivity index (χ1n) is 11.1. The van der Waals surface area contributed by atoms with Crippen LogP contribution in [0.15, 0.2) is 6.20 Å². The molecule has 1 aliphatic carbocycles. The highest BCUT2D eigenvalue weighted by molar-refractivity contribution is 7.88. The Morgan fingerprint density at radius 1 is 1.24 bits per heavy atom. The van der Waals surface area contributed by atoms with Gasteiger partial charge >= 0.3 is 0 Å². The standard InChI is InChI=1S/C20H29ClN6O5S/c1-20(2)31-14-13(10-26(3)33(4,28)29)30-18(15(14)32-20)27-17-12(9-22-27)16(24-19(21)25-17)23-11-7-5-6-8-11/h9,11,13-15,18H,5-8,10H2,1-4H3,(H,23,24,25)/t13-,14-,15-,18-/m1/s1. The predicted octanol–water partition coefficient (Wildman–Crippen LogP) is 2.14. The van der Waals surface area contributed by atoms with Crippen LogP contribution in [0.3, 0.4) is 0 Å². The number of sulfonamides is 1. The van der Waals surface area contributed by atoms with Crippen LogP contribution in [0.5, 0.6) is 0 Å². The van der Waals surface area contributed by atoms with E-state index in [4.69, 9.17) is 25.8 Å². The second-order valence-corrected chi connectivity index (χ2v) is 11.9. The molecule has 0 aromatic carbocycles. The Labute approximate surface area is 197 Å². The minimum Gasteiger partial charge on any atom is -0.367 e. The van der Waals surface area contributed by atoms with Gasteiger partial charge in [-0.2, -0.15) is 15.1 Å². The number of hydrogen-bond acceptors (Lipinski definition) is 9. The van der Waals surface area contributed by atoms with Gasteiger partial charge in [-0.3, -0.25) is 0 Å². The summed E-state index contributed by atoms with van der Waals surface area (Å²) in [5.74, 6) is -0.195. The van der Waals surface area contributed by atoms with E-state index in [1.54, 1.807) is 10.9 Å². The summed E-state index contributed by atoms with van der Waals surface area (Å²) >= 11 is 6.28. The Morgan fingerprint density at radius 3 is 2.64 bits per heavy atom. The maximum atomic E-state index is 12.0. The van der Waals surface area contributed by atoms with Crippen LogP contribution in [-0.4, -0.2) is 82.5 Å². The molecule has 0 amide bonds. The highest BCUT2D eigenvalue weighted by Gasteiger charge is 2.56. The molecule has 2 aliphatic heterocycles. The average molecular weight is 501 g/mol. The van der Waals surface area contributed by atoms with Crippen LogP contribution >= 0.6 is 11.6 Å². The van der Waals surface area contributed by atoms with Crippen molar-refractivity contribution in [2.45, 2.75) is 75.9 Å². The van der Waals surface area contributed by atoms with E-state index in [1.165, 1.54) is 24.2 Å². The molecule has 2 saturated heterocycles. The molecule has 182 valence electrons. The number of nitrogens with one attached hydrogen (secondary N) is 1. The molecule has 5 rings (SSSR count). The molecule has 1 saturated carbocycles. The molecule has 33 heavy (non-hydrogen) atoms. The zero-order chi connectivity index (χ0) is 23.5. The summed E-state index contributed by atoms with van der Waals surface area (Å²) in [7, 11) is -1.88. The normalized spacial score (nSPS) is 29.9. The predicted molar refractivity (Wildman–Crippen MR) is 121 cm³/mol. The summed E-state index contributed by atoms with van der Waals surface area (Å²) in [6.45, 7) is 3.77. The van der Waals surface area contributed by atoms with Crippen LogP contribution < -0.4 is 5.32 Å². The molecule has 4 atom stereocenters. The average Bonchev–Trinajstić information content (AvgIpc) is 3.46. The van der Waals surface area contributed by atoms with Gasteiger partial charge in [0.2, 0.25) is 15.3 Å². The maximum Gasteiger partial charge on any atom is 0.226 e. The van der Waals surface area contributed by atoms with E-state index in [2.05, 4.69) is 20.4 Å². The Bertz CT molecular complexity index is 1150. The smallest absolute Gasteiger partial charge is 0.226 e. The Kier molecular flexibility index (Phi) is 5.82. The van der Waals surface area contributed by atoms with Crippen molar-refractivity contribution in [1.82, 2.24) is 24.1 Å². The molecule has 11 nitrogen and oxygen atoms in total. The fourth-order valence-corrected chi connectivity index (χ4v) is 5.43. The molecular formula is C20H29ClN6O5S. The van der Waals surface area contributed by atoms with Gasteiger partial charge in [-0.05, 0) is 38.3 Å². The summed E-state index contributed by atoms with van der Waals surface area (Å²) in [6.07, 6.45) is 5.21. The number of anilines is 1. The number of halogens is 1. The lowest BCUT2D eigenvalue weighted by Gasteiger charge is -2.26. The summed E-state index contributed by atoms with van der Waals surface area (Å²) in [5, 5.41) is 8.87. The second-order valence-electron chi connectivity index (χ2n) is 9.47.